The first-order chi connectivity index (χ1) is 11.0. The zero-order valence-electron chi connectivity index (χ0n) is 12.0. The van der Waals surface area contributed by atoms with Gasteiger partial charge in [0.25, 0.3) is 5.91 Å². The van der Waals surface area contributed by atoms with E-state index in [9.17, 15) is 9.59 Å². The van der Waals surface area contributed by atoms with Crippen LogP contribution in [-0.4, -0.2) is 32.7 Å². The van der Waals surface area contributed by atoms with Crippen LogP contribution in [0.1, 0.15) is 18.6 Å². The summed E-state index contributed by atoms with van der Waals surface area (Å²) in [6, 6.07) is 9.48. The lowest BCUT2D eigenvalue weighted by atomic mass is 10.2. The van der Waals surface area contributed by atoms with Crippen LogP contribution in [-0.2, 0) is 9.59 Å². The number of thioether (sulfide) groups is 1. The summed E-state index contributed by atoms with van der Waals surface area (Å²) >= 11 is 6.41. The highest BCUT2D eigenvalue weighted by molar-refractivity contribution is 8.26. The van der Waals surface area contributed by atoms with Crippen LogP contribution in [0.15, 0.2) is 39.7 Å². The van der Waals surface area contributed by atoms with E-state index >= 15 is 0 Å². The van der Waals surface area contributed by atoms with Crippen molar-refractivity contribution in [1.29, 1.82) is 0 Å². The number of aliphatic carboxylic acids is 1. The summed E-state index contributed by atoms with van der Waals surface area (Å²) in [4.78, 5) is 24.9. The molecule has 1 aliphatic heterocycles. The second-order valence-corrected chi connectivity index (χ2v) is 6.69. The van der Waals surface area contributed by atoms with Crippen molar-refractivity contribution in [1.82, 2.24) is 4.90 Å². The molecular formula is C16H13NO4S2. The van der Waals surface area contributed by atoms with Crippen LogP contribution in [0.5, 0.6) is 0 Å². The van der Waals surface area contributed by atoms with E-state index in [1.807, 2.05) is 30.3 Å². The van der Waals surface area contributed by atoms with Gasteiger partial charge in [-0.15, -0.1) is 0 Å². The first-order valence-corrected chi connectivity index (χ1v) is 8.23. The summed E-state index contributed by atoms with van der Waals surface area (Å²) in [6.07, 6.45) is 2.07. The molecule has 5 nitrogen and oxygen atoms in total. The maximum Gasteiger partial charge on any atom is 0.303 e. The number of carbonyl (C=O) groups excluding carboxylic acids is 1. The standard InChI is InChI=1S/C16H13NO4S2/c18-14(19)6-3-7-17-15(20)13(23-16(17)22)9-11-8-10-4-1-2-5-12(10)21-11/h1-2,4-5,8-9H,3,6-7H2,(H,18,19)/b13-9+. The van der Waals surface area contributed by atoms with Gasteiger partial charge < -0.3 is 9.52 Å². The molecule has 3 rings (SSSR count). The highest BCUT2D eigenvalue weighted by Gasteiger charge is 2.31. The van der Waals surface area contributed by atoms with Gasteiger partial charge in [0.1, 0.15) is 15.7 Å². The predicted octanol–water partition coefficient (Wildman–Crippen LogP) is 3.50. The lowest BCUT2D eigenvalue weighted by Gasteiger charge is -2.12. The van der Waals surface area contributed by atoms with Crippen LogP contribution < -0.4 is 0 Å². The third-order valence-electron chi connectivity index (χ3n) is 3.36. The van der Waals surface area contributed by atoms with Crippen LogP contribution >= 0.6 is 24.0 Å². The fourth-order valence-corrected chi connectivity index (χ4v) is 3.57. The van der Waals surface area contributed by atoms with Gasteiger partial charge in [-0.25, -0.2) is 0 Å². The van der Waals surface area contributed by atoms with Crippen molar-refractivity contribution < 1.29 is 19.1 Å². The maximum atomic E-state index is 12.4. The zero-order valence-corrected chi connectivity index (χ0v) is 13.7. The number of nitrogens with zero attached hydrogens (tertiary/aromatic N) is 1. The number of carboxylic acids is 1. The Morgan fingerprint density at radius 2 is 2.17 bits per heavy atom. The van der Waals surface area contributed by atoms with Gasteiger partial charge in [-0.3, -0.25) is 14.5 Å². The number of rotatable bonds is 5. The van der Waals surface area contributed by atoms with Gasteiger partial charge in [0.15, 0.2) is 0 Å². The second-order valence-electron chi connectivity index (χ2n) is 5.02. The Morgan fingerprint density at radius 3 is 2.91 bits per heavy atom. The molecule has 7 heteroatoms. The number of benzene rings is 1. The van der Waals surface area contributed by atoms with Crippen LogP contribution in [0.2, 0.25) is 0 Å². The molecule has 1 saturated heterocycles. The fourth-order valence-electron chi connectivity index (χ4n) is 2.28. The number of furan rings is 1. The number of para-hydroxylation sites is 1. The average Bonchev–Trinajstić information content (AvgIpc) is 3.02. The molecule has 0 radical (unpaired) electrons. The van der Waals surface area contributed by atoms with Crippen molar-refractivity contribution in [3.05, 3.63) is 41.0 Å². The molecule has 2 aromatic rings. The molecule has 2 heterocycles. The second kappa shape index (κ2) is 6.55. The molecule has 1 aromatic carbocycles. The average molecular weight is 347 g/mol. The van der Waals surface area contributed by atoms with Crippen molar-refractivity contribution in [3.8, 4) is 0 Å². The monoisotopic (exact) mass is 347 g/mol. The fraction of sp³-hybridized carbons (Fsp3) is 0.188. The Hall–Kier alpha value is -2.12. The van der Waals surface area contributed by atoms with Gasteiger partial charge in [-0.1, -0.05) is 42.2 Å². The molecule has 1 aromatic heterocycles. The molecule has 0 unspecified atom stereocenters. The summed E-state index contributed by atoms with van der Waals surface area (Å²) in [6.45, 7) is 0.314. The molecule has 1 aliphatic rings. The molecule has 1 fully saturated rings. The normalized spacial score (nSPS) is 16.7. The molecule has 1 amide bonds. The minimum atomic E-state index is -0.881. The lowest BCUT2D eigenvalue weighted by Crippen LogP contribution is -2.29. The number of amides is 1. The van der Waals surface area contributed by atoms with E-state index < -0.39 is 5.97 Å². The van der Waals surface area contributed by atoms with Gasteiger partial charge in [0, 0.05) is 24.4 Å². The van der Waals surface area contributed by atoms with E-state index in [-0.39, 0.29) is 12.3 Å². The van der Waals surface area contributed by atoms with Crippen LogP contribution in [0.3, 0.4) is 0 Å². The number of carbonyl (C=O) groups is 2. The molecule has 23 heavy (non-hydrogen) atoms. The third-order valence-corrected chi connectivity index (χ3v) is 4.74. The van der Waals surface area contributed by atoms with E-state index in [4.69, 9.17) is 21.7 Å². The molecule has 0 bridgehead atoms. The Bertz CT molecular complexity index is 791. The molecule has 0 atom stereocenters. The lowest BCUT2D eigenvalue weighted by molar-refractivity contribution is -0.137. The van der Waals surface area contributed by atoms with Crippen LogP contribution in [0.4, 0.5) is 0 Å². The molecule has 118 valence electrons. The summed E-state index contributed by atoms with van der Waals surface area (Å²) in [5.41, 5.74) is 0.760. The molecular weight excluding hydrogens is 334 g/mol. The summed E-state index contributed by atoms with van der Waals surface area (Å²) in [5.74, 6) is -0.490. The zero-order chi connectivity index (χ0) is 16.4. The topological polar surface area (TPSA) is 70.8 Å². The Morgan fingerprint density at radius 1 is 1.39 bits per heavy atom. The molecule has 0 aliphatic carbocycles. The highest BCUT2D eigenvalue weighted by atomic mass is 32.2. The largest absolute Gasteiger partial charge is 0.481 e. The van der Waals surface area contributed by atoms with Crippen molar-refractivity contribution in [3.63, 3.8) is 0 Å². The van der Waals surface area contributed by atoms with Gasteiger partial charge in [0.2, 0.25) is 0 Å². The van der Waals surface area contributed by atoms with Crippen molar-refractivity contribution in [2.75, 3.05) is 6.54 Å². The van der Waals surface area contributed by atoms with Crippen LogP contribution in [0.25, 0.3) is 17.0 Å². The van der Waals surface area contributed by atoms with Gasteiger partial charge in [-0.05, 0) is 18.6 Å². The Balaban J connectivity index is 1.76. The van der Waals surface area contributed by atoms with E-state index in [0.29, 0.717) is 28.0 Å². The maximum absolute atomic E-state index is 12.4. The van der Waals surface area contributed by atoms with Crippen LogP contribution in [0, 0.1) is 0 Å². The highest BCUT2D eigenvalue weighted by Crippen LogP contribution is 2.33. The summed E-state index contributed by atoms with van der Waals surface area (Å²) in [5, 5.41) is 9.64. The molecule has 0 spiro atoms. The first kappa shape index (κ1) is 15.8. The van der Waals surface area contributed by atoms with E-state index in [0.717, 1.165) is 11.0 Å². The predicted molar refractivity (Wildman–Crippen MR) is 93.0 cm³/mol. The molecule has 0 saturated carbocycles. The van der Waals surface area contributed by atoms with Crippen molar-refractivity contribution in [2.45, 2.75) is 12.8 Å². The van der Waals surface area contributed by atoms with E-state index in [1.54, 1.807) is 6.08 Å². The number of carboxylic acid groups (broad SMARTS) is 1. The van der Waals surface area contributed by atoms with Gasteiger partial charge in [-0.2, -0.15) is 0 Å². The quantitative estimate of drug-likeness (QED) is 0.659. The minimum absolute atomic E-state index is 0.0136. The number of thiocarbonyl (C=S) groups is 1. The van der Waals surface area contributed by atoms with Crippen molar-refractivity contribution >= 4 is 57.2 Å². The smallest absolute Gasteiger partial charge is 0.303 e. The van der Waals surface area contributed by atoms with Gasteiger partial charge >= 0.3 is 5.97 Å². The van der Waals surface area contributed by atoms with E-state index in [1.165, 1.54) is 16.7 Å². The first-order valence-electron chi connectivity index (χ1n) is 7.00. The SMILES string of the molecule is O=C(O)CCCN1C(=O)/C(=C\c2cc3ccccc3o2)SC1=S. The minimum Gasteiger partial charge on any atom is -0.481 e. The van der Waals surface area contributed by atoms with E-state index in [2.05, 4.69) is 0 Å². The van der Waals surface area contributed by atoms with Gasteiger partial charge in [0.05, 0.1) is 4.91 Å². The van der Waals surface area contributed by atoms with Crippen molar-refractivity contribution in [2.24, 2.45) is 0 Å². The number of hydrogen-bond acceptors (Lipinski definition) is 5. The number of hydrogen-bond donors (Lipinski definition) is 1. The number of fused-ring (bicyclic) bond motifs is 1. The third kappa shape index (κ3) is 3.46. The summed E-state index contributed by atoms with van der Waals surface area (Å²) < 4.78 is 6.13. The Labute approximate surface area is 141 Å². The molecule has 1 N–H and O–H groups in total. The summed E-state index contributed by atoms with van der Waals surface area (Å²) in [7, 11) is 0. The Kier molecular flexibility index (Phi) is 4.49.